The Morgan fingerprint density at radius 1 is 1.24 bits per heavy atom. The summed E-state index contributed by atoms with van der Waals surface area (Å²) in [5.41, 5.74) is 3.21. The van der Waals surface area contributed by atoms with E-state index in [1.54, 1.807) is 0 Å². The molecular formula is C16H25ClN4. The molecule has 5 heteroatoms. The summed E-state index contributed by atoms with van der Waals surface area (Å²) in [6, 6.07) is 0.507. The van der Waals surface area contributed by atoms with E-state index in [1.807, 2.05) is 6.92 Å². The Hall–Kier alpha value is -1.03. The smallest absolute Gasteiger partial charge is 0.159 e. The van der Waals surface area contributed by atoms with Crippen LogP contribution in [0.3, 0.4) is 0 Å². The van der Waals surface area contributed by atoms with Gasteiger partial charge in [-0.1, -0.05) is 26.2 Å². The van der Waals surface area contributed by atoms with Gasteiger partial charge < -0.3 is 4.57 Å². The van der Waals surface area contributed by atoms with E-state index in [0.717, 1.165) is 23.6 Å². The first-order valence-corrected chi connectivity index (χ1v) is 8.71. The van der Waals surface area contributed by atoms with Gasteiger partial charge in [-0.05, 0) is 32.6 Å². The van der Waals surface area contributed by atoms with Gasteiger partial charge in [-0.25, -0.2) is 9.67 Å². The Balaban J connectivity index is 2.18. The molecule has 0 amide bonds. The molecule has 2 aromatic heterocycles. The molecule has 0 N–H and O–H groups in total. The standard InChI is InChI=1S/C16H25ClN4/c1-4-20-16-15(12(3)19-20)18-14(10-17)21(16)13-9-7-5-6-8-11(13)2/h11,13H,4-10H2,1-3H3. The predicted molar refractivity (Wildman–Crippen MR) is 86.8 cm³/mol. The molecule has 4 nitrogen and oxygen atoms in total. The maximum atomic E-state index is 6.20. The highest BCUT2D eigenvalue weighted by Gasteiger charge is 2.28. The lowest BCUT2D eigenvalue weighted by Crippen LogP contribution is -2.20. The van der Waals surface area contributed by atoms with Gasteiger partial charge in [0.25, 0.3) is 0 Å². The van der Waals surface area contributed by atoms with Crippen molar-refractivity contribution in [2.45, 2.75) is 71.3 Å². The first-order chi connectivity index (χ1) is 10.2. The third-order valence-electron chi connectivity index (χ3n) is 4.88. The molecule has 3 rings (SSSR count). The molecule has 2 atom stereocenters. The van der Waals surface area contributed by atoms with Gasteiger partial charge in [-0.3, -0.25) is 0 Å². The number of hydrogen-bond donors (Lipinski definition) is 0. The number of fused-ring (bicyclic) bond motifs is 1. The summed E-state index contributed by atoms with van der Waals surface area (Å²) in [7, 11) is 0. The van der Waals surface area contributed by atoms with Crippen LogP contribution in [0.15, 0.2) is 0 Å². The van der Waals surface area contributed by atoms with Crippen molar-refractivity contribution in [3.8, 4) is 0 Å². The molecule has 0 aromatic carbocycles. The zero-order valence-electron chi connectivity index (χ0n) is 13.3. The fourth-order valence-corrected chi connectivity index (χ4v) is 3.94. The minimum atomic E-state index is 0.473. The number of rotatable bonds is 3. The average molecular weight is 309 g/mol. The molecule has 1 aliphatic carbocycles. The van der Waals surface area contributed by atoms with Gasteiger partial charge in [0.2, 0.25) is 0 Å². The molecule has 2 aromatic rings. The molecule has 1 saturated carbocycles. The second kappa shape index (κ2) is 5.99. The number of aromatic nitrogens is 4. The molecule has 0 radical (unpaired) electrons. The van der Waals surface area contributed by atoms with Crippen molar-refractivity contribution in [1.29, 1.82) is 0 Å². The summed E-state index contributed by atoms with van der Waals surface area (Å²) >= 11 is 6.20. The van der Waals surface area contributed by atoms with Gasteiger partial charge in [0, 0.05) is 12.6 Å². The SMILES string of the molecule is CCn1nc(C)c2nc(CCl)n(C3CCCCCC3C)c21. The van der Waals surface area contributed by atoms with Crippen LogP contribution in [0.25, 0.3) is 11.2 Å². The van der Waals surface area contributed by atoms with E-state index >= 15 is 0 Å². The lowest BCUT2D eigenvalue weighted by Gasteiger charge is -2.25. The molecule has 0 bridgehead atoms. The summed E-state index contributed by atoms with van der Waals surface area (Å²) in [4.78, 5) is 4.79. The topological polar surface area (TPSA) is 35.6 Å². The number of alkyl halides is 1. The van der Waals surface area contributed by atoms with Crippen molar-refractivity contribution >= 4 is 22.8 Å². The Labute approximate surface area is 131 Å². The average Bonchev–Trinajstić information content (AvgIpc) is 2.92. The molecular weight excluding hydrogens is 284 g/mol. The van der Waals surface area contributed by atoms with Gasteiger partial charge in [0.1, 0.15) is 11.3 Å². The summed E-state index contributed by atoms with van der Waals surface area (Å²) in [6.45, 7) is 7.43. The van der Waals surface area contributed by atoms with Crippen LogP contribution in [0.5, 0.6) is 0 Å². The Morgan fingerprint density at radius 3 is 2.71 bits per heavy atom. The summed E-state index contributed by atoms with van der Waals surface area (Å²) in [6.07, 6.45) is 6.52. The quantitative estimate of drug-likeness (QED) is 0.620. The van der Waals surface area contributed by atoms with Gasteiger partial charge in [-0.2, -0.15) is 5.10 Å². The third-order valence-corrected chi connectivity index (χ3v) is 5.12. The fourth-order valence-electron chi connectivity index (χ4n) is 3.75. The van der Waals surface area contributed by atoms with Crippen LogP contribution in [-0.4, -0.2) is 19.3 Å². The van der Waals surface area contributed by atoms with E-state index in [-0.39, 0.29) is 0 Å². The minimum Gasteiger partial charge on any atom is -0.308 e. The van der Waals surface area contributed by atoms with E-state index in [4.69, 9.17) is 16.6 Å². The maximum absolute atomic E-state index is 6.20. The van der Waals surface area contributed by atoms with E-state index in [2.05, 4.69) is 28.2 Å². The number of aryl methyl sites for hydroxylation is 2. The monoisotopic (exact) mass is 308 g/mol. The Bertz CT molecular complexity index is 628. The van der Waals surface area contributed by atoms with E-state index in [1.165, 1.54) is 37.8 Å². The molecule has 2 heterocycles. The Morgan fingerprint density at radius 2 is 2.00 bits per heavy atom. The van der Waals surface area contributed by atoms with Gasteiger partial charge in [0.05, 0.1) is 11.6 Å². The first-order valence-electron chi connectivity index (χ1n) is 8.17. The van der Waals surface area contributed by atoms with Crippen molar-refractivity contribution in [3.63, 3.8) is 0 Å². The van der Waals surface area contributed by atoms with Crippen LogP contribution >= 0.6 is 11.6 Å². The van der Waals surface area contributed by atoms with Gasteiger partial charge >= 0.3 is 0 Å². The van der Waals surface area contributed by atoms with Crippen molar-refractivity contribution in [2.24, 2.45) is 5.92 Å². The molecule has 1 fully saturated rings. The van der Waals surface area contributed by atoms with E-state index in [9.17, 15) is 0 Å². The molecule has 0 saturated heterocycles. The zero-order chi connectivity index (χ0) is 15.0. The molecule has 0 aliphatic heterocycles. The van der Waals surface area contributed by atoms with Crippen molar-refractivity contribution in [1.82, 2.24) is 19.3 Å². The highest BCUT2D eigenvalue weighted by molar-refractivity contribution is 6.16. The van der Waals surface area contributed by atoms with Crippen LogP contribution in [0, 0.1) is 12.8 Å². The van der Waals surface area contributed by atoms with Gasteiger partial charge in [-0.15, -0.1) is 11.6 Å². The number of halogens is 1. The molecule has 2 unspecified atom stereocenters. The summed E-state index contributed by atoms with van der Waals surface area (Å²) in [5, 5.41) is 4.64. The normalized spacial score (nSPS) is 23.6. The van der Waals surface area contributed by atoms with Crippen molar-refractivity contribution in [3.05, 3.63) is 11.5 Å². The molecule has 0 spiro atoms. The fraction of sp³-hybridized carbons (Fsp3) is 0.750. The highest BCUT2D eigenvalue weighted by Crippen LogP contribution is 2.36. The third kappa shape index (κ3) is 2.48. The lowest BCUT2D eigenvalue weighted by atomic mass is 9.96. The molecule has 1 aliphatic rings. The molecule has 116 valence electrons. The summed E-state index contributed by atoms with van der Waals surface area (Å²) < 4.78 is 4.49. The minimum absolute atomic E-state index is 0.473. The van der Waals surface area contributed by atoms with Crippen LogP contribution < -0.4 is 0 Å². The molecule has 21 heavy (non-hydrogen) atoms. The zero-order valence-corrected chi connectivity index (χ0v) is 14.0. The Kier molecular flexibility index (Phi) is 4.25. The number of hydrogen-bond acceptors (Lipinski definition) is 2. The number of imidazole rings is 1. The van der Waals surface area contributed by atoms with Crippen LogP contribution in [-0.2, 0) is 12.4 Å². The second-order valence-electron chi connectivity index (χ2n) is 6.29. The van der Waals surface area contributed by atoms with E-state index in [0.29, 0.717) is 17.8 Å². The van der Waals surface area contributed by atoms with Crippen molar-refractivity contribution < 1.29 is 0 Å². The number of nitrogens with zero attached hydrogens (tertiary/aromatic N) is 4. The van der Waals surface area contributed by atoms with Crippen molar-refractivity contribution in [2.75, 3.05) is 0 Å². The van der Waals surface area contributed by atoms with Crippen LogP contribution in [0.2, 0.25) is 0 Å². The highest BCUT2D eigenvalue weighted by atomic mass is 35.5. The van der Waals surface area contributed by atoms with E-state index < -0.39 is 0 Å². The predicted octanol–water partition coefficient (Wildman–Crippen LogP) is 4.44. The second-order valence-corrected chi connectivity index (χ2v) is 6.55. The van der Waals surface area contributed by atoms with Crippen LogP contribution in [0.4, 0.5) is 0 Å². The maximum Gasteiger partial charge on any atom is 0.159 e. The van der Waals surface area contributed by atoms with Gasteiger partial charge in [0.15, 0.2) is 5.65 Å². The lowest BCUT2D eigenvalue weighted by molar-refractivity contribution is 0.331. The van der Waals surface area contributed by atoms with Crippen LogP contribution in [0.1, 0.15) is 63.5 Å². The first kappa shape index (κ1) is 14.9. The largest absolute Gasteiger partial charge is 0.308 e. The summed E-state index contributed by atoms with van der Waals surface area (Å²) in [5.74, 6) is 2.15.